The maximum absolute atomic E-state index is 2.34. The van der Waals surface area contributed by atoms with Gasteiger partial charge in [-0.25, -0.2) is 20.1 Å². The monoisotopic (exact) mass is 397 g/mol. The van der Waals surface area contributed by atoms with Crippen LogP contribution in [0.5, 0.6) is 0 Å². The number of anilines is 3. The first kappa shape index (κ1) is 19.9. The number of para-hydroxylation sites is 1. The molecule has 0 spiro atoms. The quantitative estimate of drug-likeness (QED) is 0.438. The summed E-state index contributed by atoms with van der Waals surface area (Å²) in [6.45, 7) is 0. The molecule has 0 aliphatic rings. The SMILES string of the molecule is CS(C)(C)c1ccc(N(c2ccccc2)c2ccc(S(C)(C)C)cc2)cc1. The van der Waals surface area contributed by atoms with Crippen molar-refractivity contribution in [3.8, 4) is 0 Å². The predicted octanol–water partition coefficient (Wildman–Crippen LogP) is 7.26. The molecular weight excluding hydrogens is 366 g/mol. The minimum atomic E-state index is -0.712. The molecule has 0 aliphatic heterocycles. The van der Waals surface area contributed by atoms with Gasteiger partial charge < -0.3 is 4.90 Å². The summed E-state index contributed by atoms with van der Waals surface area (Å²) < 4.78 is 0. The van der Waals surface area contributed by atoms with Gasteiger partial charge in [0.25, 0.3) is 0 Å². The third-order valence-corrected chi connectivity index (χ3v) is 7.99. The Morgan fingerprint density at radius 3 is 1.11 bits per heavy atom. The zero-order valence-corrected chi connectivity index (χ0v) is 18.9. The number of hydrogen-bond donors (Lipinski definition) is 0. The van der Waals surface area contributed by atoms with Gasteiger partial charge in [-0.1, -0.05) is 18.2 Å². The van der Waals surface area contributed by atoms with E-state index in [0.29, 0.717) is 0 Å². The maximum atomic E-state index is 2.34. The Labute approximate surface area is 168 Å². The van der Waals surface area contributed by atoms with Gasteiger partial charge in [0.05, 0.1) is 0 Å². The van der Waals surface area contributed by atoms with Crippen LogP contribution in [0.4, 0.5) is 17.1 Å². The van der Waals surface area contributed by atoms with Gasteiger partial charge in [-0.05, 0) is 108 Å². The van der Waals surface area contributed by atoms with Crippen molar-refractivity contribution in [2.24, 2.45) is 0 Å². The average molecular weight is 398 g/mol. The summed E-state index contributed by atoms with van der Waals surface area (Å²) in [7, 11) is -1.42. The molecule has 0 bridgehead atoms. The number of hydrogen-bond acceptors (Lipinski definition) is 1. The third kappa shape index (κ3) is 4.72. The normalized spacial score (nSPS) is 13.3. The summed E-state index contributed by atoms with van der Waals surface area (Å²) in [5.41, 5.74) is 3.58. The molecule has 27 heavy (non-hydrogen) atoms. The van der Waals surface area contributed by atoms with E-state index in [-0.39, 0.29) is 0 Å². The second-order valence-electron chi connectivity index (χ2n) is 8.33. The minimum Gasteiger partial charge on any atom is -0.311 e. The molecule has 3 aromatic carbocycles. The summed E-state index contributed by atoms with van der Waals surface area (Å²) >= 11 is 0. The molecule has 3 heteroatoms. The van der Waals surface area contributed by atoms with E-state index in [1.165, 1.54) is 26.9 Å². The van der Waals surface area contributed by atoms with E-state index in [9.17, 15) is 0 Å². The van der Waals surface area contributed by atoms with E-state index < -0.39 is 20.1 Å². The third-order valence-electron chi connectivity index (χ3n) is 4.62. The fourth-order valence-electron chi connectivity index (χ4n) is 3.03. The van der Waals surface area contributed by atoms with E-state index in [0.717, 1.165) is 0 Å². The zero-order chi connectivity index (χ0) is 19.7. The molecule has 3 aromatic rings. The van der Waals surface area contributed by atoms with Crippen molar-refractivity contribution in [1.29, 1.82) is 0 Å². The van der Waals surface area contributed by atoms with Crippen molar-refractivity contribution in [2.45, 2.75) is 9.79 Å². The van der Waals surface area contributed by atoms with Crippen LogP contribution in [0.25, 0.3) is 0 Å². The molecule has 0 N–H and O–H groups in total. The Balaban J connectivity index is 2.05. The second kappa shape index (κ2) is 7.65. The molecule has 144 valence electrons. The lowest BCUT2D eigenvalue weighted by molar-refractivity contribution is 1.25. The first-order valence-corrected chi connectivity index (χ1v) is 14.8. The lowest BCUT2D eigenvalue weighted by atomic mass is 10.2. The Morgan fingerprint density at radius 2 is 0.778 bits per heavy atom. The van der Waals surface area contributed by atoms with E-state index in [4.69, 9.17) is 0 Å². The fraction of sp³-hybridized carbons (Fsp3) is 0.250. The minimum absolute atomic E-state index is 0.712. The molecule has 0 saturated carbocycles. The molecule has 0 fully saturated rings. The maximum Gasteiger partial charge on any atom is 0.0462 e. The van der Waals surface area contributed by atoms with Gasteiger partial charge >= 0.3 is 0 Å². The van der Waals surface area contributed by atoms with Gasteiger partial charge in [-0.2, -0.15) is 0 Å². The number of benzene rings is 3. The van der Waals surface area contributed by atoms with Crippen molar-refractivity contribution >= 4 is 37.1 Å². The molecule has 0 radical (unpaired) electrons. The summed E-state index contributed by atoms with van der Waals surface area (Å²) in [4.78, 5) is 5.21. The van der Waals surface area contributed by atoms with E-state index in [1.807, 2.05) is 0 Å². The van der Waals surface area contributed by atoms with Gasteiger partial charge in [0.1, 0.15) is 0 Å². The lowest BCUT2D eigenvalue weighted by Gasteiger charge is -2.30. The molecule has 0 aromatic heterocycles. The highest BCUT2D eigenvalue weighted by Gasteiger charge is 2.15. The van der Waals surface area contributed by atoms with Crippen molar-refractivity contribution in [2.75, 3.05) is 42.4 Å². The van der Waals surface area contributed by atoms with Crippen LogP contribution in [0.15, 0.2) is 88.7 Å². The lowest BCUT2D eigenvalue weighted by Crippen LogP contribution is -2.10. The van der Waals surface area contributed by atoms with Crippen LogP contribution in [0.1, 0.15) is 0 Å². The summed E-state index contributed by atoms with van der Waals surface area (Å²) in [5.74, 6) is 0. The molecule has 3 rings (SSSR count). The predicted molar refractivity (Wildman–Crippen MR) is 128 cm³/mol. The van der Waals surface area contributed by atoms with Gasteiger partial charge in [0, 0.05) is 17.1 Å². The highest BCUT2D eigenvalue weighted by Crippen LogP contribution is 2.47. The largest absolute Gasteiger partial charge is 0.311 e. The van der Waals surface area contributed by atoms with Gasteiger partial charge in [0.2, 0.25) is 0 Å². The molecule has 0 saturated heterocycles. The van der Waals surface area contributed by atoms with Crippen molar-refractivity contribution in [3.63, 3.8) is 0 Å². The summed E-state index contributed by atoms with van der Waals surface area (Å²) in [5, 5.41) is 0. The average Bonchev–Trinajstić information content (AvgIpc) is 2.62. The Morgan fingerprint density at radius 1 is 0.444 bits per heavy atom. The summed E-state index contributed by atoms with van der Waals surface area (Å²) in [6, 6.07) is 28.8. The standard InChI is InChI=1S/C24H31NS2/c1-26(2,3)23-16-12-21(13-17-23)25(20-10-8-7-9-11-20)22-14-18-24(19-15-22)27(4,5)6/h7-19H,1-6H3. The van der Waals surface area contributed by atoms with Crippen LogP contribution in [0.3, 0.4) is 0 Å². The number of rotatable bonds is 5. The van der Waals surface area contributed by atoms with Crippen LogP contribution < -0.4 is 4.90 Å². The Bertz CT molecular complexity index is 813. The summed E-state index contributed by atoms with van der Waals surface area (Å²) in [6.07, 6.45) is 14.0. The van der Waals surface area contributed by atoms with Crippen LogP contribution >= 0.6 is 20.1 Å². The van der Waals surface area contributed by atoms with Crippen LogP contribution in [0.2, 0.25) is 0 Å². The Kier molecular flexibility index (Phi) is 5.64. The van der Waals surface area contributed by atoms with E-state index in [1.54, 1.807) is 0 Å². The van der Waals surface area contributed by atoms with E-state index >= 15 is 0 Å². The molecule has 0 amide bonds. The van der Waals surface area contributed by atoms with Crippen LogP contribution in [-0.4, -0.2) is 37.5 Å². The van der Waals surface area contributed by atoms with Crippen LogP contribution in [-0.2, 0) is 0 Å². The van der Waals surface area contributed by atoms with Gasteiger partial charge in [-0.15, -0.1) is 0 Å². The fourth-order valence-corrected chi connectivity index (χ4v) is 4.94. The van der Waals surface area contributed by atoms with E-state index in [2.05, 4.69) is 121 Å². The molecule has 0 unspecified atom stereocenters. The Hall–Kier alpha value is -1.84. The molecule has 0 atom stereocenters. The highest BCUT2D eigenvalue weighted by atomic mass is 32.3. The first-order chi connectivity index (χ1) is 12.7. The molecule has 0 aliphatic carbocycles. The first-order valence-electron chi connectivity index (χ1n) is 9.08. The van der Waals surface area contributed by atoms with Gasteiger partial charge in [0.15, 0.2) is 0 Å². The smallest absolute Gasteiger partial charge is 0.0462 e. The topological polar surface area (TPSA) is 3.24 Å². The molecule has 1 nitrogen and oxygen atoms in total. The zero-order valence-electron chi connectivity index (χ0n) is 17.3. The van der Waals surface area contributed by atoms with Crippen molar-refractivity contribution in [3.05, 3.63) is 78.9 Å². The number of nitrogens with zero attached hydrogens (tertiary/aromatic N) is 1. The second-order valence-corrected chi connectivity index (χ2v) is 16.6. The van der Waals surface area contributed by atoms with Gasteiger partial charge in [-0.3, -0.25) is 0 Å². The molecular formula is C24H31NS2. The van der Waals surface area contributed by atoms with Crippen LogP contribution in [0, 0.1) is 0 Å². The highest BCUT2D eigenvalue weighted by molar-refractivity contribution is 8.32. The van der Waals surface area contributed by atoms with Crippen molar-refractivity contribution in [1.82, 2.24) is 0 Å². The van der Waals surface area contributed by atoms with Crippen molar-refractivity contribution < 1.29 is 0 Å². The molecule has 0 heterocycles.